The quantitative estimate of drug-likeness (QED) is 0.852. The summed E-state index contributed by atoms with van der Waals surface area (Å²) in [5, 5.41) is 0. The number of carbonyl (C=O) groups excluding carboxylic acids is 1. The summed E-state index contributed by atoms with van der Waals surface area (Å²) in [7, 11) is 0. The number of rotatable bonds is 2. The average Bonchev–Trinajstić information content (AvgIpc) is 3.09. The molecule has 0 spiro atoms. The van der Waals surface area contributed by atoms with Gasteiger partial charge in [0.1, 0.15) is 5.56 Å². The van der Waals surface area contributed by atoms with Gasteiger partial charge in [-0.25, -0.2) is 0 Å². The van der Waals surface area contributed by atoms with E-state index >= 15 is 0 Å². The largest absolute Gasteiger partial charge is 0.367 e. The van der Waals surface area contributed by atoms with E-state index in [1.165, 1.54) is 25.1 Å². The third-order valence-electron chi connectivity index (χ3n) is 4.16. The highest BCUT2D eigenvalue weighted by molar-refractivity contribution is 5.94. The molecule has 2 aliphatic rings. The van der Waals surface area contributed by atoms with Crippen molar-refractivity contribution in [2.45, 2.75) is 25.3 Å². The number of carbonyl (C=O) groups is 1. The highest BCUT2D eigenvalue weighted by atomic mass is 16.2. The fourth-order valence-corrected chi connectivity index (χ4v) is 3.08. The van der Waals surface area contributed by atoms with Crippen molar-refractivity contribution in [1.29, 1.82) is 0 Å². The molecule has 0 saturated carbocycles. The first-order chi connectivity index (χ1) is 9.25. The fraction of sp³-hybridized carbons (Fsp3) is 0.571. The van der Waals surface area contributed by atoms with Crippen LogP contribution < -0.4 is 5.43 Å². The van der Waals surface area contributed by atoms with Gasteiger partial charge in [-0.05, 0) is 32.4 Å². The van der Waals surface area contributed by atoms with Crippen LogP contribution in [0.2, 0.25) is 0 Å². The standard InChI is InChI=1S/C14H19N3O2/c18-13-3-5-15-9-12(13)14(19)17-8-4-11(10-17)16-6-1-2-7-16/h3,5,9,11H,1-2,4,6-8,10H2,(H,15,18). The van der Waals surface area contributed by atoms with Crippen molar-refractivity contribution in [2.75, 3.05) is 26.2 Å². The van der Waals surface area contributed by atoms with Crippen LogP contribution in [0.4, 0.5) is 0 Å². The predicted octanol–water partition coefficient (Wildman–Crippen LogP) is 0.685. The Hall–Kier alpha value is -1.62. The number of H-pyrrole nitrogens is 1. The zero-order valence-corrected chi connectivity index (χ0v) is 11.0. The summed E-state index contributed by atoms with van der Waals surface area (Å²) in [6, 6.07) is 1.88. The topological polar surface area (TPSA) is 56.4 Å². The number of aromatic nitrogens is 1. The van der Waals surface area contributed by atoms with Gasteiger partial charge in [0.25, 0.3) is 5.91 Å². The summed E-state index contributed by atoms with van der Waals surface area (Å²) in [6.07, 6.45) is 6.62. The molecule has 2 aliphatic heterocycles. The van der Waals surface area contributed by atoms with Crippen LogP contribution in [-0.2, 0) is 0 Å². The maximum atomic E-state index is 12.3. The van der Waals surface area contributed by atoms with Gasteiger partial charge in [0.2, 0.25) is 0 Å². The Kier molecular flexibility index (Phi) is 3.38. The van der Waals surface area contributed by atoms with E-state index < -0.39 is 0 Å². The van der Waals surface area contributed by atoms with Crippen molar-refractivity contribution >= 4 is 5.91 Å². The smallest absolute Gasteiger partial charge is 0.259 e. The second-order valence-electron chi connectivity index (χ2n) is 5.36. The van der Waals surface area contributed by atoms with Gasteiger partial charge in [-0.1, -0.05) is 0 Å². The van der Waals surface area contributed by atoms with Crippen molar-refractivity contribution in [3.63, 3.8) is 0 Å². The lowest BCUT2D eigenvalue weighted by Crippen LogP contribution is -2.38. The summed E-state index contributed by atoms with van der Waals surface area (Å²) >= 11 is 0. The summed E-state index contributed by atoms with van der Waals surface area (Å²) in [5.41, 5.74) is 0.0537. The molecule has 1 amide bonds. The lowest BCUT2D eigenvalue weighted by atomic mass is 10.2. The van der Waals surface area contributed by atoms with E-state index in [2.05, 4.69) is 9.88 Å². The number of pyridine rings is 1. The Bertz CT molecular complexity index is 519. The fourth-order valence-electron chi connectivity index (χ4n) is 3.08. The minimum absolute atomic E-state index is 0.136. The van der Waals surface area contributed by atoms with Crippen molar-refractivity contribution in [1.82, 2.24) is 14.8 Å². The molecule has 0 aliphatic carbocycles. The van der Waals surface area contributed by atoms with Crippen LogP contribution in [0.5, 0.6) is 0 Å². The third-order valence-corrected chi connectivity index (χ3v) is 4.16. The van der Waals surface area contributed by atoms with E-state index in [0.717, 1.165) is 32.6 Å². The maximum absolute atomic E-state index is 12.3. The molecule has 3 rings (SSSR count). The van der Waals surface area contributed by atoms with Crippen molar-refractivity contribution in [3.8, 4) is 0 Å². The molecular formula is C14H19N3O2. The Labute approximate surface area is 112 Å². The van der Waals surface area contributed by atoms with Gasteiger partial charge in [0.05, 0.1) is 0 Å². The zero-order valence-electron chi connectivity index (χ0n) is 11.0. The average molecular weight is 261 g/mol. The Morgan fingerprint density at radius 3 is 2.79 bits per heavy atom. The molecule has 5 heteroatoms. The molecule has 2 fully saturated rings. The van der Waals surface area contributed by atoms with E-state index in [4.69, 9.17) is 0 Å². The van der Waals surface area contributed by atoms with E-state index in [1.807, 2.05) is 4.90 Å². The summed E-state index contributed by atoms with van der Waals surface area (Å²) in [5.74, 6) is -0.136. The molecule has 1 aromatic heterocycles. The van der Waals surface area contributed by atoms with Gasteiger partial charge < -0.3 is 9.88 Å². The first-order valence-corrected chi connectivity index (χ1v) is 6.96. The number of hydrogen-bond donors (Lipinski definition) is 1. The molecule has 5 nitrogen and oxygen atoms in total. The SMILES string of the molecule is O=C(c1c[nH]ccc1=O)N1CCC(N2CCCC2)C1. The molecule has 1 aromatic rings. The Balaban J connectivity index is 1.69. The molecular weight excluding hydrogens is 242 g/mol. The second kappa shape index (κ2) is 5.17. The minimum atomic E-state index is -0.201. The molecule has 1 N–H and O–H groups in total. The lowest BCUT2D eigenvalue weighted by molar-refractivity contribution is 0.0778. The van der Waals surface area contributed by atoms with Gasteiger partial charge >= 0.3 is 0 Å². The molecule has 1 atom stereocenters. The Morgan fingerprint density at radius 2 is 2.05 bits per heavy atom. The van der Waals surface area contributed by atoms with Gasteiger partial charge in [-0.15, -0.1) is 0 Å². The monoisotopic (exact) mass is 261 g/mol. The molecule has 102 valence electrons. The number of hydrogen-bond acceptors (Lipinski definition) is 3. The van der Waals surface area contributed by atoms with Crippen LogP contribution in [0.15, 0.2) is 23.3 Å². The highest BCUT2D eigenvalue weighted by Gasteiger charge is 2.32. The van der Waals surface area contributed by atoms with E-state index in [-0.39, 0.29) is 16.9 Å². The van der Waals surface area contributed by atoms with Crippen LogP contribution in [0.1, 0.15) is 29.6 Å². The Morgan fingerprint density at radius 1 is 1.26 bits per heavy atom. The number of aromatic amines is 1. The summed E-state index contributed by atoms with van der Waals surface area (Å²) in [6.45, 7) is 3.82. The number of nitrogens with zero attached hydrogens (tertiary/aromatic N) is 2. The number of nitrogens with one attached hydrogen (secondary N) is 1. The van der Waals surface area contributed by atoms with Gasteiger partial charge in [0.15, 0.2) is 5.43 Å². The maximum Gasteiger partial charge on any atom is 0.259 e. The summed E-state index contributed by atoms with van der Waals surface area (Å²) in [4.78, 5) is 31.1. The first kappa shape index (κ1) is 12.4. The lowest BCUT2D eigenvalue weighted by Gasteiger charge is -2.23. The third kappa shape index (κ3) is 2.42. The van der Waals surface area contributed by atoms with E-state index in [0.29, 0.717) is 6.04 Å². The molecule has 3 heterocycles. The molecule has 0 bridgehead atoms. The van der Waals surface area contributed by atoms with Crippen LogP contribution in [-0.4, -0.2) is 52.9 Å². The number of likely N-dealkylation sites (tertiary alicyclic amines) is 2. The molecule has 19 heavy (non-hydrogen) atoms. The minimum Gasteiger partial charge on any atom is -0.367 e. The van der Waals surface area contributed by atoms with Gasteiger partial charge in [0, 0.05) is 37.6 Å². The first-order valence-electron chi connectivity index (χ1n) is 6.96. The van der Waals surface area contributed by atoms with Crippen molar-refractivity contribution in [2.24, 2.45) is 0 Å². The van der Waals surface area contributed by atoms with E-state index in [1.54, 1.807) is 6.20 Å². The van der Waals surface area contributed by atoms with E-state index in [9.17, 15) is 9.59 Å². The van der Waals surface area contributed by atoms with Crippen LogP contribution in [0.25, 0.3) is 0 Å². The summed E-state index contributed by atoms with van der Waals surface area (Å²) < 4.78 is 0. The predicted molar refractivity (Wildman–Crippen MR) is 72.2 cm³/mol. The van der Waals surface area contributed by atoms with Crippen molar-refractivity contribution < 1.29 is 4.79 Å². The number of amides is 1. The van der Waals surface area contributed by atoms with Gasteiger partial charge in [-0.2, -0.15) is 0 Å². The van der Waals surface area contributed by atoms with Crippen LogP contribution >= 0.6 is 0 Å². The van der Waals surface area contributed by atoms with Crippen LogP contribution in [0, 0.1) is 0 Å². The molecule has 2 saturated heterocycles. The normalized spacial score (nSPS) is 24.0. The molecule has 0 radical (unpaired) electrons. The molecule has 1 unspecified atom stereocenters. The highest BCUT2D eigenvalue weighted by Crippen LogP contribution is 2.21. The van der Waals surface area contributed by atoms with Gasteiger partial charge in [-0.3, -0.25) is 14.5 Å². The van der Waals surface area contributed by atoms with Crippen LogP contribution in [0.3, 0.4) is 0 Å². The van der Waals surface area contributed by atoms with Crippen molar-refractivity contribution in [3.05, 3.63) is 34.2 Å². The molecule has 0 aromatic carbocycles. The second-order valence-corrected chi connectivity index (χ2v) is 5.36. The zero-order chi connectivity index (χ0) is 13.2.